The summed E-state index contributed by atoms with van der Waals surface area (Å²) in [4.78, 5) is 0. The molecule has 0 aliphatic heterocycles. The van der Waals surface area contributed by atoms with Crippen molar-refractivity contribution in [2.75, 3.05) is 14.2 Å². The normalized spacial score (nSPS) is 21.5. The van der Waals surface area contributed by atoms with Crippen molar-refractivity contribution in [2.45, 2.75) is 31.8 Å². The van der Waals surface area contributed by atoms with Gasteiger partial charge >= 0.3 is 0 Å². The summed E-state index contributed by atoms with van der Waals surface area (Å²) in [7, 11) is 3.16. The molecule has 2 rings (SSSR count). The van der Waals surface area contributed by atoms with Crippen molar-refractivity contribution in [1.82, 2.24) is 5.32 Å². The minimum absolute atomic E-state index is 0.105. The molecule has 0 spiro atoms. The Morgan fingerprint density at radius 1 is 1.35 bits per heavy atom. The molecule has 4 nitrogen and oxygen atoms in total. The minimum Gasteiger partial charge on any atom is -0.493 e. The van der Waals surface area contributed by atoms with Crippen LogP contribution in [0.2, 0.25) is 5.02 Å². The van der Waals surface area contributed by atoms with E-state index in [2.05, 4.69) is 11.4 Å². The molecule has 1 fully saturated rings. The smallest absolute Gasteiger partial charge is 0.179 e. The Kier molecular flexibility index (Phi) is 5.11. The van der Waals surface area contributed by atoms with Gasteiger partial charge in [-0.1, -0.05) is 24.1 Å². The molecule has 108 valence electrons. The van der Waals surface area contributed by atoms with Gasteiger partial charge in [-0.3, -0.25) is 0 Å². The molecule has 1 N–H and O–H groups in total. The SMILES string of the molecule is COc1ccc(CNC2CCCC2C#N)c(Cl)c1OC. The zero-order valence-corrected chi connectivity index (χ0v) is 12.5. The first-order valence-corrected chi connectivity index (χ1v) is 7.11. The molecule has 0 amide bonds. The molecule has 1 aliphatic rings. The van der Waals surface area contributed by atoms with Crippen LogP contribution < -0.4 is 14.8 Å². The number of nitriles is 1. The van der Waals surface area contributed by atoms with Crippen LogP contribution in [-0.2, 0) is 6.54 Å². The second kappa shape index (κ2) is 6.83. The van der Waals surface area contributed by atoms with E-state index in [1.54, 1.807) is 14.2 Å². The summed E-state index contributed by atoms with van der Waals surface area (Å²) in [6.07, 6.45) is 3.13. The highest BCUT2D eigenvalue weighted by Crippen LogP contribution is 2.37. The van der Waals surface area contributed by atoms with Crippen LogP contribution in [0.3, 0.4) is 0 Å². The fraction of sp³-hybridized carbons (Fsp3) is 0.533. The number of halogens is 1. The van der Waals surface area contributed by atoms with Crippen LogP contribution in [0.1, 0.15) is 24.8 Å². The third-order valence-electron chi connectivity index (χ3n) is 3.80. The number of methoxy groups -OCH3 is 2. The summed E-state index contributed by atoms with van der Waals surface area (Å²) < 4.78 is 10.5. The van der Waals surface area contributed by atoms with Gasteiger partial charge in [0.05, 0.1) is 31.2 Å². The number of hydrogen-bond donors (Lipinski definition) is 1. The first kappa shape index (κ1) is 15.0. The van der Waals surface area contributed by atoms with Crippen molar-refractivity contribution >= 4 is 11.6 Å². The predicted octanol–water partition coefficient (Wildman–Crippen LogP) is 3.14. The van der Waals surface area contributed by atoms with Crippen molar-refractivity contribution in [1.29, 1.82) is 5.26 Å². The van der Waals surface area contributed by atoms with Crippen LogP contribution >= 0.6 is 11.6 Å². The van der Waals surface area contributed by atoms with E-state index in [0.717, 1.165) is 24.8 Å². The topological polar surface area (TPSA) is 54.3 Å². The minimum atomic E-state index is 0.105. The number of nitrogens with one attached hydrogen (secondary N) is 1. The Balaban J connectivity index is 2.08. The van der Waals surface area contributed by atoms with Crippen LogP contribution in [0.4, 0.5) is 0 Å². The number of hydrogen-bond acceptors (Lipinski definition) is 4. The van der Waals surface area contributed by atoms with Gasteiger partial charge in [-0.15, -0.1) is 0 Å². The Hall–Kier alpha value is -1.44. The highest BCUT2D eigenvalue weighted by molar-refractivity contribution is 6.33. The van der Waals surface area contributed by atoms with Crippen LogP contribution in [0.25, 0.3) is 0 Å². The molecule has 1 saturated carbocycles. The van der Waals surface area contributed by atoms with Gasteiger partial charge in [-0.2, -0.15) is 5.26 Å². The van der Waals surface area contributed by atoms with Gasteiger partial charge in [0.1, 0.15) is 0 Å². The first-order valence-electron chi connectivity index (χ1n) is 6.73. The first-order chi connectivity index (χ1) is 9.71. The molecule has 0 radical (unpaired) electrons. The van der Waals surface area contributed by atoms with E-state index < -0.39 is 0 Å². The molecule has 20 heavy (non-hydrogen) atoms. The lowest BCUT2D eigenvalue weighted by Crippen LogP contribution is -2.31. The largest absolute Gasteiger partial charge is 0.493 e. The number of ether oxygens (including phenoxy) is 2. The molecule has 0 bridgehead atoms. The zero-order chi connectivity index (χ0) is 14.5. The predicted molar refractivity (Wildman–Crippen MR) is 78.1 cm³/mol. The second-order valence-electron chi connectivity index (χ2n) is 4.93. The maximum Gasteiger partial charge on any atom is 0.179 e. The molecule has 2 atom stereocenters. The summed E-state index contributed by atoms with van der Waals surface area (Å²) in [5.41, 5.74) is 0.952. The van der Waals surface area contributed by atoms with Crippen molar-refractivity contribution in [2.24, 2.45) is 5.92 Å². The Labute approximate surface area is 124 Å². The van der Waals surface area contributed by atoms with E-state index >= 15 is 0 Å². The van der Waals surface area contributed by atoms with Gasteiger partial charge in [-0.05, 0) is 24.5 Å². The van der Waals surface area contributed by atoms with Gasteiger partial charge < -0.3 is 14.8 Å². The summed E-state index contributed by atoms with van der Waals surface area (Å²) >= 11 is 6.34. The summed E-state index contributed by atoms with van der Waals surface area (Å²) in [6, 6.07) is 6.39. The highest BCUT2D eigenvalue weighted by atomic mass is 35.5. The molecular formula is C15H19ClN2O2. The monoisotopic (exact) mass is 294 g/mol. The number of benzene rings is 1. The zero-order valence-electron chi connectivity index (χ0n) is 11.8. The van der Waals surface area contributed by atoms with Crippen molar-refractivity contribution in [3.63, 3.8) is 0 Å². The Bertz CT molecular complexity index is 513. The van der Waals surface area contributed by atoms with E-state index in [9.17, 15) is 0 Å². The molecule has 1 aromatic rings. The quantitative estimate of drug-likeness (QED) is 0.906. The molecule has 1 aliphatic carbocycles. The third-order valence-corrected chi connectivity index (χ3v) is 4.22. The van der Waals surface area contributed by atoms with Gasteiger partial charge in [-0.25, -0.2) is 0 Å². The van der Waals surface area contributed by atoms with Crippen molar-refractivity contribution in [3.8, 4) is 17.6 Å². The second-order valence-corrected chi connectivity index (χ2v) is 5.31. The summed E-state index contributed by atoms with van der Waals surface area (Å²) in [5.74, 6) is 1.28. The number of nitrogens with zero attached hydrogens (tertiary/aromatic N) is 1. The fourth-order valence-electron chi connectivity index (χ4n) is 2.67. The van der Waals surface area contributed by atoms with Gasteiger partial charge in [0.15, 0.2) is 11.5 Å². The van der Waals surface area contributed by atoms with Gasteiger partial charge in [0, 0.05) is 12.6 Å². The lowest BCUT2D eigenvalue weighted by molar-refractivity contribution is 0.354. The summed E-state index contributed by atoms with van der Waals surface area (Å²) in [6.45, 7) is 0.627. The maximum absolute atomic E-state index is 9.09. The highest BCUT2D eigenvalue weighted by Gasteiger charge is 2.26. The standard InChI is InChI=1S/C15H19ClN2O2/c1-19-13-7-6-11(14(16)15(13)20-2)9-18-12-5-3-4-10(12)8-17/h6-7,10,12,18H,3-5,9H2,1-2H3. The van der Waals surface area contributed by atoms with Crippen molar-refractivity contribution in [3.05, 3.63) is 22.7 Å². The molecule has 0 aromatic heterocycles. The van der Waals surface area contributed by atoms with Gasteiger partial charge in [0.25, 0.3) is 0 Å². The molecule has 0 heterocycles. The van der Waals surface area contributed by atoms with E-state index in [-0.39, 0.29) is 12.0 Å². The van der Waals surface area contributed by atoms with Crippen LogP contribution in [0.5, 0.6) is 11.5 Å². The maximum atomic E-state index is 9.09. The molecule has 5 heteroatoms. The summed E-state index contributed by atoms with van der Waals surface area (Å²) in [5, 5.41) is 13.1. The Morgan fingerprint density at radius 2 is 2.15 bits per heavy atom. The molecule has 0 saturated heterocycles. The third kappa shape index (κ3) is 3.00. The van der Waals surface area contributed by atoms with E-state index in [1.807, 2.05) is 12.1 Å². The number of rotatable bonds is 5. The molecule has 1 aromatic carbocycles. The fourth-order valence-corrected chi connectivity index (χ4v) is 2.97. The van der Waals surface area contributed by atoms with E-state index in [1.165, 1.54) is 0 Å². The van der Waals surface area contributed by atoms with Crippen molar-refractivity contribution < 1.29 is 9.47 Å². The molecule has 2 unspecified atom stereocenters. The van der Waals surface area contributed by atoms with Crippen LogP contribution in [0, 0.1) is 17.2 Å². The average Bonchev–Trinajstić information content (AvgIpc) is 2.93. The van der Waals surface area contributed by atoms with E-state index in [4.69, 9.17) is 26.3 Å². The van der Waals surface area contributed by atoms with Crippen LogP contribution in [-0.4, -0.2) is 20.3 Å². The van der Waals surface area contributed by atoms with Crippen LogP contribution in [0.15, 0.2) is 12.1 Å². The average molecular weight is 295 g/mol. The van der Waals surface area contributed by atoms with E-state index in [0.29, 0.717) is 23.1 Å². The lowest BCUT2D eigenvalue weighted by atomic mass is 10.1. The lowest BCUT2D eigenvalue weighted by Gasteiger charge is -2.17. The molecular weight excluding hydrogens is 276 g/mol. The van der Waals surface area contributed by atoms with Gasteiger partial charge in [0.2, 0.25) is 0 Å². The Morgan fingerprint density at radius 3 is 2.80 bits per heavy atom.